The molecule has 8 heteroatoms. The van der Waals surface area contributed by atoms with Gasteiger partial charge in [0.05, 0.1) is 0 Å². The van der Waals surface area contributed by atoms with Crippen LogP contribution in [0.25, 0.3) is 15.9 Å². The molecule has 0 aliphatic rings. The minimum atomic E-state index is -0.289. The maximum Gasteiger partial charge on any atom is 0.234 e. The number of para-hydroxylation sites is 1. The average Bonchev–Trinajstić information content (AvgIpc) is 3.37. The monoisotopic (exact) mass is 379 g/mol. The molecule has 5 rings (SSSR count). The van der Waals surface area contributed by atoms with Crippen LogP contribution in [0.5, 0.6) is 5.75 Å². The normalized spacial score (nSPS) is 11.4. The highest BCUT2D eigenvalue weighted by Crippen LogP contribution is 2.22. The molecule has 0 unspecified atom stereocenters. The van der Waals surface area contributed by atoms with Gasteiger partial charge in [-0.25, -0.2) is 4.39 Å². The Labute approximate surface area is 157 Å². The van der Waals surface area contributed by atoms with Gasteiger partial charge in [-0.1, -0.05) is 29.5 Å². The molecule has 0 radical (unpaired) electrons. The molecular weight excluding hydrogens is 365 g/mol. The number of hydrogen-bond donors (Lipinski definition) is 1. The quantitative estimate of drug-likeness (QED) is 0.502. The third kappa shape index (κ3) is 3.04. The highest BCUT2D eigenvalue weighted by molar-refractivity contribution is 7.16. The smallest absolute Gasteiger partial charge is 0.234 e. The summed E-state index contributed by atoms with van der Waals surface area (Å²) in [7, 11) is 0. The fraction of sp³-hybridized carbons (Fsp3) is 0.105. The zero-order chi connectivity index (χ0) is 18.2. The lowest BCUT2D eigenvalue weighted by Crippen LogP contribution is -2.00. The summed E-state index contributed by atoms with van der Waals surface area (Å²) < 4.78 is 20.4. The molecule has 1 N–H and O–H groups in total. The number of halogens is 1. The summed E-state index contributed by atoms with van der Waals surface area (Å²) in [6, 6.07) is 14.1. The van der Waals surface area contributed by atoms with E-state index in [-0.39, 0.29) is 5.82 Å². The molecule has 0 atom stereocenters. The van der Waals surface area contributed by atoms with Gasteiger partial charge in [-0.2, -0.15) is 9.61 Å². The van der Waals surface area contributed by atoms with E-state index in [0.29, 0.717) is 18.8 Å². The van der Waals surface area contributed by atoms with Crippen molar-refractivity contribution in [3.05, 3.63) is 76.9 Å². The van der Waals surface area contributed by atoms with Crippen LogP contribution in [-0.2, 0) is 13.0 Å². The van der Waals surface area contributed by atoms with Crippen molar-refractivity contribution in [3.63, 3.8) is 0 Å². The Morgan fingerprint density at radius 2 is 1.93 bits per heavy atom. The third-order valence-corrected chi connectivity index (χ3v) is 5.17. The van der Waals surface area contributed by atoms with Crippen molar-refractivity contribution in [3.8, 4) is 5.75 Å². The van der Waals surface area contributed by atoms with Gasteiger partial charge in [-0.3, -0.25) is 0 Å². The molecule has 3 heterocycles. The van der Waals surface area contributed by atoms with E-state index in [4.69, 9.17) is 4.74 Å². The zero-order valence-corrected chi connectivity index (χ0v) is 14.9. The van der Waals surface area contributed by atoms with E-state index < -0.39 is 0 Å². The van der Waals surface area contributed by atoms with Gasteiger partial charge in [-0.05, 0) is 35.9 Å². The molecule has 0 amide bonds. The van der Waals surface area contributed by atoms with Gasteiger partial charge in [0.25, 0.3) is 0 Å². The van der Waals surface area contributed by atoms with Gasteiger partial charge in [0.1, 0.15) is 18.2 Å². The summed E-state index contributed by atoms with van der Waals surface area (Å²) in [5.74, 6) is 1.09. The predicted molar refractivity (Wildman–Crippen MR) is 100 cm³/mol. The molecule has 0 saturated heterocycles. The van der Waals surface area contributed by atoms with Crippen LogP contribution in [0.3, 0.4) is 0 Å². The Hall–Kier alpha value is -3.26. The van der Waals surface area contributed by atoms with Crippen LogP contribution >= 0.6 is 11.3 Å². The predicted octanol–water partition coefficient (Wildman–Crippen LogP) is 3.98. The van der Waals surface area contributed by atoms with Crippen LogP contribution in [-0.4, -0.2) is 24.8 Å². The average molecular weight is 379 g/mol. The molecule has 0 aliphatic carbocycles. The number of aromatic amines is 1. The largest absolute Gasteiger partial charge is 0.486 e. The van der Waals surface area contributed by atoms with E-state index in [1.54, 1.807) is 16.6 Å². The minimum Gasteiger partial charge on any atom is -0.486 e. The van der Waals surface area contributed by atoms with Crippen LogP contribution in [0.15, 0.2) is 54.7 Å². The minimum absolute atomic E-state index is 0.289. The number of benzene rings is 2. The van der Waals surface area contributed by atoms with Crippen LogP contribution in [0.2, 0.25) is 0 Å². The summed E-state index contributed by atoms with van der Waals surface area (Å²) in [6.45, 7) is 0.298. The maximum atomic E-state index is 13.0. The number of rotatable bonds is 5. The van der Waals surface area contributed by atoms with Crippen LogP contribution in [0.1, 0.15) is 16.4 Å². The summed E-state index contributed by atoms with van der Waals surface area (Å²) in [6.07, 6.45) is 2.63. The summed E-state index contributed by atoms with van der Waals surface area (Å²) in [5, 5.41) is 15.0. The Kier molecular flexibility index (Phi) is 3.83. The molecule has 134 valence electrons. The first kappa shape index (κ1) is 16.0. The molecule has 6 nitrogen and oxygen atoms in total. The van der Waals surface area contributed by atoms with Gasteiger partial charge in [0, 0.05) is 23.5 Å². The molecule has 0 fully saturated rings. The second-order valence-electron chi connectivity index (χ2n) is 6.09. The number of aromatic nitrogens is 5. The Morgan fingerprint density at radius 3 is 2.81 bits per heavy atom. The number of nitrogens with zero attached hydrogens (tertiary/aromatic N) is 4. The van der Waals surface area contributed by atoms with E-state index in [0.717, 1.165) is 26.9 Å². The van der Waals surface area contributed by atoms with Gasteiger partial charge in [-0.15, -0.1) is 10.2 Å². The molecule has 5 aromatic rings. The van der Waals surface area contributed by atoms with E-state index in [1.165, 1.54) is 28.9 Å². The summed E-state index contributed by atoms with van der Waals surface area (Å²) in [4.78, 5) is 4.00. The van der Waals surface area contributed by atoms with Crippen molar-refractivity contribution in [1.82, 2.24) is 24.8 Å². The standard InChI is InChI=1S/C19H14FN5OS/c20-13-5-7-14(8-6-13)26-11-18-24-25-17(22-23-19(25)27-18)9-12-10-21-16-4-2-1-3-15(12)16/h1-8,10,21H,9,11H2. The Balaban J connectivity index is 1.37. The van der Waals surface area contributed by atoms with Crippen molar-refractivity contribution in [2.24, 2.45) is 0 Å². The van der Waals surface area contributed by atoms with Crippen molar-refractivity contribution in [1.29, 1.82) is 0 Å². The zero-order valence-electron chi connectivity index (χ0n) is 14.1. The maximum absolute atomic E-state index is 13.0. The van der Waals surface area contributed by atoms with Crippen molar-refractivity contribution in [2.45, 2.75) is 13.0 Å². The first-order valence-electron chi connectivity index (χ1n) is 8.39. The molecule has 0 saturated carbocycles. The summed E-state index contributed by atoms with van der Waals surface area (Å²) >= 11 is 1.43. The van der Waals surface area contributed by atoms with Crippen LogP contribution in [0, 0.1) is 5.82 Å². The van der Waals surface area contributed by atoms with Crippen LogP contribution < -0.4 is 4.74 Å². The Bertz CT molecular complexity index is 1220. The van der Waals surface area contributed by atoms with Crippen molar-refractivity contribution >= 4 is 27.2 Å². The van der Waals surface area contributed by atoms with Gasteiger partial charge >= 0.3 is 0 Å². The lowest BCUT2D eigenvalue weighted by Gasteiger charge is -2.02. The molecule has 0 spiro atoms. The van der Waals surface area contributed by atoms with E-state index in [1.807, 2.05) is 24.4 Å². The van der Waals surface area contributed by atoms with E-state index >= 15 is 0 Å². The molecule has 0 bridgehead atoms. The molecule has 27 heavy (non-hydrogen) atoms. The SMILES string of the molecule is Fc1ccc(OCc2nn3c(Cc4c[nH]c5ccccc45)nnc3s2)cc1. The summed E-state index contributed by atoms with van der Waals surface area (Å²) in [5.41, 5.74) is 2.25. The number of H-pyrrole nitrogens is 1. The third-order valence-electron chi connectivity index (χ3n) is 4.30. The second kappa shape index (κ2) is 6.48. The number of fused-ring (bicyclic) bond motifs is 2. The Morgan fingerprint density at radius 1 is 1.07 bits per heavy atom. The number of hydrogen-bond acceptors (Lipinski definition) is 5. The van der Waals surface area contributed by atoms with Gasteiger partial charge in [0.15, 0.2) is 10.8 Å². The van der Waals surface area contributed by atoms with E-state index in [9.17, 15) is 4.39 Å². The molecule has 0 aliphatic heterocycles. The number of nitrogens with one attached hydrogen (secondary N) is 1. The first-order chi connectivity index (χ1) is 13.3. The highest BCUT2D eigenvalue weighted by Gasteiger charge is 2.14. The molecule has 2 aromatic carbocycles. The van der Waals surface area contributed by atoms with Gasteiger partial charge in [0.2, 0.25) is 4.96 Å². The van der Waals surface area contributed by atoms with Crippen molar-refractivity contribution in [2.75, 3.05) is 0 Å². The topological polar surface area (TPSA) is 68.1 Å². The van der Waals surface area contributed by atoms with Gasteiger partial charge < -0.3 is 9.72 Å². The lowest BCUT2D eigenvalue weighted by atomic mass is 10.1. The molecule has 3 aromatic heterocycles. The highest BCUT2D eigenvalue weighted by atomic mass is 32.1. The van der Waals surface area contributed by atoms with E-state index in [2.05, 4.69) is 26.3 Å². The fourth-order valence-corrected chi connectivity index (χ4v) is 3.76. The van der Waals surface area contributed by atoms with Crippen molar-refractivity contribution < 1.29 is 9.13 Å². The fourth-order valence-electron chi connectivity index (χ4n) is 2.99. The van der Waals surface area contributed by atoms with Crippen LogP contribution in [0.4, 0.5) is 4.39 Å². The number of ether oxygens (including phenoxy) is 1. The lowest BCUT2D eigenvalue weighted by molar-refractivity contribution is 0.303. The second-order valence-corrected chi connectivity index (χ2v) is 7.13. The molecular formula is C19H14FN5OS. The first-order valence-corrected chi connectivity index (χ1v) is 9.21.